The Morgan fingerprint density at radius 3 is 2.65 bits per heavy atom. The second-order valence-electron chi connectivity index (χ2n) is 4.26. The lowest BCUT2D eigenvalue weighted by molar-refractivity contribution is 0.0993. The molecule has 1 heterocycles. The van der Waals surface area contributed by atoms with E-state index in [0.717, 1.165) is 5.69 Å². The maximum atomic E-state index is 12.4. The van der Waals surface area contributed by atoms with Crippen LogP contribution in [0.3, 0.4) is 0 Å². The lowest BCUT2D eigenvalue weighted by atomic mass is 10.1. The number of hydrogen-bond donors (Lipinski definition) is 1. The van der Waals surface area contributed by atoms with Crippen LogP contribution in [0.2, 0.25) is 0 Å². The fourth-order valence-corrected chi connectivity index (χ4v) is 1.79. The van der Waals surface area contributed by atoms with Crippen LogP contribution in [0.1, 0.15) is 21.6 Å². The first-order valence-corrected chi connectivity index (χ1v) is 6.09. The Morgan fingerprint density at radius 2 is 2.05 bits per heavy atom. The van der Waals surface area contributed by atoms with Gasteiger partial charge in [0.1, 0.15) is 0 Å². The molecule has 1 aromatic carbocycles. The molecule has 1 aromatic heterocycles. The fraction of sp³-hybridized carbons (Fsp3) is 0.133. The minimum Gasteiger partial charge on any atom is -0.325 e. The third kappa shape index (κ3) is 2.82. The molecule has 5 heteroatoms. The van der Waals surface area contributed by atoms with Crippen LogP contribution < -0.4 is 10.6 Å². The quantitative estimate of drug-likeness (QED) is 0.916. The van der Waals surface area contributed by atoms with Crippen LogP contribution in [0.5, 0.6) is 0 Å². The minimum absolute atomic E-state index is 0.146. The van der Waals surface area contributed by atoms with Gasteiger partial charge in [0.05, 0.1) is 17.3 Å². The highest BCUT2D eigenvalue weighted by Gasteiger charge is 2.14. The SMILES string of the molecule is CN(C(=O)c1ccnc(CN)c1)c1ccc(C#N)cc1. The number of nitrogens with zero attached hydrogens (tertiary/aromatic N) is 3. The van der Waals surface area contributed by atoms with Crippen molar-refractivity contribution in [1.29, 1.82) is 5.26 Å². The van der Waals surface area contributed by atoms with Crippen molar-refractivity contribution in [2.24, 2.45) is 5.73 Å². The molecule has 0 radical (unpaired) electrons. The van der Waals surface area contributed by atoms with Gasteiger partial charge in [-0.25, -0.2) is 0 Å². The van der Waals surface area contributed by atoms with Crippen molar-refractivity contribution < 1.29 is 4.79 Å². The summed E-state index contributed by atoms with van der Waals surface area (Å²) in [4.78, 5) is 17.9. The van der Waals surface area contributed by atoms with Crippen LogP contribution in [0.25, 0.3) is 0 Å². The first kappa shape index (κ1) is 13.7. The number of nitrogens with two attached hydrogens (primary N) is 1. The number of aromatic nitrogens is 1. The van der Waals surface area contributed by atoms with Crippen LogP contribution in [0, 0.1) is 11.3 Å². The third-order valence-corrected chi connectivity index (χ3v) is 2.96. The molecule has 0 unspecified atom stereocenters. The minimum atomic E-state index is -0.146. The molecule has 0 atom stereocenters. The first-order valence-electron chi connectivity index (χ1n) is 6.09. The number of benzene rings is 1. The van der Waals surface area contributed by atoms with Crippen LogP contribution in [0.15, 0.2) is 42.6 Å². The number of carbonyl (C=O) groups excluding carboxylic acids is 1. The smallest absolute Gasteiger partial charge is 0.258 e. The van der Waals surface area contributed by atoms with E-state index in [4.69, 9.17) is 11.0 Å². The van der Waals surface area contributed by atoms with Crippen molar-refractivity contribution in [2.75, 3.05) is 11.9 Å². The molecule has 0 aliphatic carbocycles. The Balaban J connectivity index is 2.25. The summed E-state index contributed by atoms with van der Waals surface area (Å²) in [6.07, 6.45) is 1.57. The normalized spacial score (nSPS) is 9.85. The molecule has 2 aromatic rings. The van der Waals surface area contributed by atoms with Crippen LogP contribution in [-0.4, -0.2) is 17.9 Å². The molecule has 2 rings (SSSR count). The highest BCUT2D eigenvalue weighted by atomic mass is 16.2. The lowest BCUT2D eigenvalue weighted by Crippen LogP contribution is -2.26. The van der Waals surface area contributed by atoms with Crippen molar-refractivity contribution in [3.05, 3.63) is 59.4 Å². The van der Waals surface area contributed by atoms with Crippen LogP contribution in [-0.2, 0) is 6.54 Å². The molecule has 1 amide bonds. The molecule has 5 nitrogen and oxygen atoms in total. The van der Waals surface area contributed by atoms with E-state index in [2.05, 4.69) is 4.98 Å². The van der Waals surface area contributed by atoms with Crippen LogP contribution in [0.4, 0.5) is 5.69 Å². The van der Waals surface area contributed by atoms with Gasteiger partial charge in [0, 0.05) is 31.0 Å². The van der Waals surface area contributed by atoms with Crippen molar-refractivity contribution >= 4 is 11.6 Å². The molecule has 100 valence electrons. The molecule has 0 bridgehead atoms. The Kier molecular flexibility index (Phi) is 4.08. The maximum Gasteiger partial charge on any atom is 0.258 e. The van der Waals surface area contributed by atoms with Crippen molar-refractivity contribution in [2.45, 2.75) is 6.54 Å². The molecule has 0 aliphatic rings. The average Bonchev–Trinajstić information content (AvgIpc) is 2.53. The van der Waals surface area contributed by atoms with Gasteiger partial charge in [-0.2, -0.15) is 5.26 Å². The van der Waals surface area contributed by atoms with Gasteiger partial charge in [0.2, 0.25) is 0 Å². The molecule has 0 spiro atoms. The van der Waals surface area contributed by atoms with E-state index in [0.29, 0.717) is 23.4 Å². The lowest BCUT2D eigenvalue weighted by Gasteiger charge is -2.17. The number of carbonyl (C=O) groups is 1. The number of hydrogen-bond acceptors (Lipinski definition) is 4. The summed E-state index contributed by atoms with van der Waals surface area (Å²) in [5, 5.41) is 8.76. The van der Waals surface area contributed by atoms with Gasteiger partial charge in [-0.1, -0.05) is 0 Å². The fourth-order valence-electron chi connectivity index (χ4n) is 1.79. The Morgan fingerprint density at radius 1 is 1.35 bits per heavy atom. The van der Waals surface area contributed by atoms with Gasteiger partial charge in [-0.05, 0) is 36.4 Å². The second-order valence-corrected chi connectivity index (χ2v) is 4.26. The van der Waals surface area contributed by atoms with E-state index in [-0.39, 0.29) is 5.91 Å². The summed E-state index contributed by atoms with van der Waals surface area (Å²) in [6, 6.07) is 12.2. The maximum absolute atomic E-state index is 12.4. The van der Waals surface area contributed by atoms with Crippen LogP contribution >= 0.6 is 0 Å². The monoisotopic (exact) mass is 266 g/mol. The van der Waals surface area contributed by atoms with E-state index < -0.39 is 0 Å². The Hall–Kier alpha value is -2.71. The molecule has 0 fully saturated rings. The molecule has 0 aliphatic heterocycles. The van der Waals surface area contributed by atoms with Gasteiger partial charge < -0.3 is 10.6 Å². The van der Waals surface area contributed by atoms with Gasteiger partial charge in [0.25, 0.3) is 5.91 Å². The Labute approximate surface area is 117 Å². The topological polar surface area (TPSA) is 83.0 Å². The van der Waals surface area contributed by atoms with Crippen molar-refractivity contribution in [3.63, 3.8) is 0 Å². The van der Waals surface area contributed by atoms with E-state index in [1.165, 1.54) is 4.90 Å². The van der Waals surface area contributed by atoms with Gasteiger partial charge in [-0.3, -0.25) is 9.78 Å². The standard InChI is InChI=1S/C15H14N4O/c1-19(14-4-2-11(9-16)3-5-14)15(20)12-6-7-18-13(8-12)10-17/h2-8H,10,17H2,1H3. The molecule has 0 saturated carbocycles. The summed E-state index contributed by atoms with van der Waals surface area (Å²) >= 11 is 0. The molecule has 2 N–H and O–H groups in total. The predicted molar refractivity (Wildman–Crippen MR) is 76.0 cm³/mol. The Bertz CT molecular complexity index is 658. The van der Waals surface area contributed by atoms with Crippen molar-refractivity contribution in [3.8, 4) is 6.07 Å². The number of rotatable bonds is 3. The molecule has 0 saturated heterocycles. The van der Waals surface area contributed by atoms with E-state index >= 15 is 0 Å². The number of pyridine rings is 1. The van der Waals surface area contributed by atoms with E-state index in [9.17, 15) is 4.79 Å². The predicted octanol–water partition coefficient (Wildman–Crippen LogP) is 1.69. The van der Waals surface area contributed by atoms with Crippen molar-refractivity contribution in [1.82, 2.24) is 4.98 Å². The van der Waals surface area contributed by atoms with E-state index in [1.807, 2.05) is 6.07 Å². The highest BCUT2D eigenvalue weighted by Crippen LogP contribution is 2.16. The summed E-state index contributed by atoms with van der Waals surface area (Å²) < 4.78 is 0. The number of nitriles is 1. The van der Waals surface area contributed by atoms with Gasteiger partial charge in [-0.15, -0.1) is 0 Å². The summed E-state index contributed by atoms with van der Waals surface area (Å²) in [7, 11) is 1.69. The van der Waals surface area contributed by atoms with Gasteiger partial charge >= 0.3 is 0 Å². The van der Waals surface area contributed by atoms with E-state index in [1.54, 1.807) is 49.6 Å². The summed E-state index contributed by atoms with van der Waals surface area (Å²) in [6.45, 7) is 0.293. The number of amides is 1. The summed E-state index contributed by atoms with van der Waals surface area (Å²) in [5.41, 5.74) is 8.01. The summed E-state index contributed by atoms with van der Waals surface area (Å²) in [5.74, 6) is -0.146. The first-order chi connectivity index (χ1) is 9.65. The zero-order valence-electron chi connectivity index (χ0n) is 11.1. The molecular weight excluding hydrogens is 252 g/mol. The highest BCUT2D eigenvalue weighted by molar-refractivity contribution is 6.05. The molecular formula is C15H14N4O. The zero-order chi connectivity index (χ0) is 14.5. The third-order valence-electron chi connectivity index (χ3n) is 2.96. The molecule has 20 heavy (non-hydrogen) atoms. The zero-order valence-corrected chi connectivity index (χ0v) is 11.1. The van der Waals surface area contributed by atoms with Gasteiger partial charge in [0.15, 0.2) is 0 Å². The number of anilines is 1. The largest absolute Gasteiger partial charge is 0.325 e. The second kappa shape index (κ2) is 5.95. The average molecular weight is 266 g/mol.